The van der Waals surface area contributed by atoms with E-state index in [2.05, 4.69) is 13.8 Å². The third-order valence-corrected chi connectivity index (χ3v) is 2.48. The molecule has 0 rings (SSSR count). The van der Waals surface area contributed by atoms with Crippen LogP contribution in [0.15, 0.2) is 0 Å². The molecule has 0 fully saturated rings. The topological polar surface area (TPSA) is 37.3 Å². The number of hydrogen-bond donors (Lipinski definition) is 1. The normalized spacial score (nSPS) is 15.3. The summed E-state index contributed by atoms with van der Waals surface area (Å²) >= 11 is 0. The summed E-state index contributed by atoms with van der Waals surface area (Å²) in [5.41, 5.74) is 0. The maximum atomic E-state index is 10.6. The van der Waals surface area contributed by atoms with Crippen molar-refractivity contribution in [2.75, 3.05) is 0 Å². The van der Waals surface area contributed by atoms with Crippen LogP contribution in [-0.4, -0.2) is 11.1 Å². The summed E-state index contributed by atoms with van der Waals surface area (Å²) in [7, 11) is 0. The van der Waals surface area contributed by atoms with Crippen LogP contribution >= 0.6 is 0 Å². The Bertz CT molecular complexity index is 143. The van der Waals surface area contributed by atoms with E-state index in [-0.39, 0.29) is 5.92 Å². The number of carboxylic acids is 1. The highest BCUT2D eigenvalue weighted by molar-refractivity contribution is 5.69. The van der Waals surface area contributed by atoms with Gasteiger partial charge in [0.1, 0.15) is 0 Å². The molecule has 0 aromatic rings. The van der Waals surface area contributed by atoms with Crippen molar-refractivity contribution in [3.63, 3.8) is 0 Å². The van der Waals surface area contributed by atoms with Gasteiger partial charge in [0, 0.05) is 0 Å². The van der Waals surface area contributed by atoms with Gasteiger partial charge in [-0.3, -0.25) is 4.79 Å². The molecule has 0 heterocycles. The first-order chi connectivity index (χ1) is 6.07. The van der Waals surface area contributed by atoms with Gasteiger partial charge in [0.15, 0.2) is 0 Å². The molecule has 2 nitrogen and oxygen atoms in total. The first-order valence-corrected chi connectivity index (χ1v) is 5.30. The first kappa shape index (κ1) is 12.5. The smallest absolute Gasteiger partial charge is 0.306 e. The molecule has 0 saturated heterocycles. The number of hydrogen-bond acceptors (Lipinski definition) is 1. The quantitative estimate of drug-likeness (QED) is 0.619. The van der Waals surface area contributed by atoms with Crippen LogP contribution in [-0.2, 0) is 4.79 Å². The molecule has 0 aromatic heterocycles. The molecule has 0 aliphatic heterocycles. The fourth-order valence-corrected chi connectivity index (χ4v) is 1.57. The highest BCUT2D eigenvalue weighted by atomic mass is 16.4. The van der Waals surface area contributed by atoms with Crippen molar-refractivity contribution < 1.29 is 9.90 Å². The molecule has 2 heteroatoms. The second-order valence-corrected chi connectivity index (χ2v) is 4.08. The summed E-state index contributed by atoms with van der Waals surface area (Å²) in [6.07, 6.45) is 5.74. The van der Waals surface area contributed by atoms with Gasteiger partial charge in [-0.1, -0.05) is 46.5 Å². The SMILES string of the molecule is CCCCCC(C)C[C@@H](C)C(=O)O. The Morgan fingerprint density at radius 3 is 2.38 bits per heavy atom. The fraction of sp³-hybridized carbons (Fsp3) is 0.909. The molecule has 13 heavy (non-hydrogen) atoms. The molecule has 0 radical (unpaired) electrons. The van der Waals surface area contributed by atoms with Gasteiger partial charge in [0.2, 0.25) is 0 Å². The molecule has 0 saturated carbocycles. The zero-order chi connectivity index (χ0) is 10.3. The van der Waals surface area contributed by atoms with E-state index < -0.39 is 5.97 Å². The predicted molar refractivity (Wildman–Crippen MR) is 54.7 cm³/mol. The van der Waals surface area contributed by atoms with Crippen molar-refractivity contribution in [3.8, 4) is 0 Å². The lowest BCUT2D eigenvalue weighted by molar-refractivity contribution is -0.141. The summed E-state index contributed by atoms with van der Waals surface area (Å²) in [5, 5.41) is 8.70. The molecule has 0 aromatic carbocycles. The number of carboxylic acid groups (broad SMARTS) is 1. The minimum absolute atomic E-state index is 0.184. The highest BCUT2D eigenvalue weighted by Gasteiger charge is 2.14. The van der Waals surface area contributed by atoms with E-state index >= 15 is 0 Å². The van der Waals surface area contributed by atoms with Gasteiger partial charge in [0.25, 0.3) is 0 Å². The maximum absolute atomic E-state index is 10.6. The number of rotatable bonds is 7. The Morgan fingerprint density at radius 1 is 1.31 bits per heavy atom. The Balaban J connectivity index is 3.49. The average molecular weight is 186 g/mol. The van der Waals surface area contributed by atoms with Gasteiger partial charge in [-0.2, -0.15) is 0 Å². The maximum Gasteiger partial charge on any atom is 0.306 e. The molecule has 0 aliphatic carbocycles. The lowest BCUT2D eigenvalue weighted by Crippen LogP contribution is -2.13. The van der Waals surface area contributed by atoms with E-state index in [4.69, 9.17) is 5.11 Å². The molecule has 0 spiro atoms. The van der Waals surface area contributed by atoms with Crippen molar-refractivity contribution in [2.24, 2.45) is 11.8 Å². The number of carbonyl (C=O) groups is 1. The van der Waals surface area contributed by atoms with Crippen molar-refractivity contribution in [1.82, 2.24) is 0 Å². The Kier molecular flexibility index (Phi) is 6.65. The van der Waals surface area contributed by atoms with Gasteiger partial charge in [-0.25, -0.2) is 0 Å². The Labute approximate surface area is 81.3 Å². The van der Waals surface area contributed by atoms with Crippen LogP contribution in [0.3, 0.4) is 0 Å². The molecule has 78 valence electrons. The Hall–Kier alpha value is -0.530. The third kappa shape index (κ3) is 6.62. The van der Waals surface area contributed by atoms with Crippen molar-refractivity contribution >= 4 is 5.97 Å². The zero-order valence-electron chi connectivity index (χ0n) is 9.05. The lowest BCUT2D eigenvalue weighted by Gasteiger charge is -2.13. The third-order valence-electron chi connectivity index (χ3n) is 2.48. The fourth-order valence-electron chi connectivity index (χ4n) is 1.57. The summed E-state index contributed by atoms with van der Waals surface area (Å²) < 4.78 is 0. The predicted octanol–water partition coefficient (Wildman–Crippen LogP) is 3.31. The van der Waals surface area contributed by atoms with Gasteiger partial charge >= 0.3 is 5.97 Å². The van der Waals surface area contributed by atoms with Crippen molar-refractivity contribution in [3.05, 3.63) is 0 Å². The van der Waals surface area contributed by atoms with E-state index in [1.807, 2.05) is 0 Å². The molecular formula is C11H22O2. The van der Waals surface area contributed by atoms with E-state index in [1.54, 1.807) is 6.92 Å². The molecule has 0 amide bonds. The van der Waals surface area contributed by atoms with Crippen LogP contribution in [0, 0.1) is 11.8 Å². The Morgan fingerprint density at radius 2 is 1.92 bits per heavy atom. The van der Waals surface area contributed by atoms with Gasteiger partial charge < -0.3 is 5.11 Å². The van der Waals surface area contributed by atoms with Crippen LogP contribution in [0.25, 0.3) is 0 Å². The average Bonchev–Trinajstić information content (AvgIpc) is 2.04. The second-order valence-electron chi connectivity index (χ2n) is 4.08. The van der Waals surface area contributed by atoms with E-state index in [0.29, 0.717) is 5.92 Å². The number of aliphatic carboxylic acids is 1. The highest BCUT2D eigenvalue weighted by Crippen LogP contribution is 2.18. The molecule has 1 unspecified atom stereocenters. The van der Waals surface area contributed by atoms with E-state index in [0.717, 1.165) is 6.42 Å². The van der Waals surface area contributed by atoms with Crippen LogP contribution < -0.4 is 0 Å². The van der Waals surface area contributed by atoms with E-state index in [9.17, 15) is 4.79 Å². The summed E-state index contributed by atoms with van der Waals surface area (Å²) in [5.74, 6) is -0.295. The van der Waals surface area contributed by atoms with Crippen molar-refractivity contribution in [2.45, 2.75) is 52.9 Å². The molecule has 0 bridgehead atoms. The summed E-state index contributed by atoms with van der Waals surface area (Å²) in [6.45, 7) is 6.12. The summed E-state index contributed by atoms with van der Waals surface area (Å²) in [6, 6.07) is 0. The van der Waals surface area contributed by atoms with Crippen LogP contribution in [0.5, 0.6) is 0 Å². The standard InChI is InChI=1S/C11H22O2/c1-4-5-6-7-9(2)8-10(3)11(12)13/h9-10H,4-8H2,1-3H3,(H,12,13)/t9?,10-/m1/s1. The second kappa shape index (κ2) is 6.93. The lowest BCUT2D eigenvalue weighted by atomic mass is 9.93. The molecule has 2 atom stereocenters. The van der Waals surface area contributed by atoms with E-state index in [1.165, 1.54) is 25.7 Å². The monoisotopic (exact) mass is 186 g/mol. The molecule has 0 aliphatic rings. The van der Waals surface area contributed by atoms with Crippen molar-refractivity contribution in [1.29, 1.82) is 0 Å². The van der Waals surface area contributed by atoms with Gasteiger partial charge in [-0.05, 0) is 12.3 Å². The van der Waals surface area contributed by atoms with Crippen LogP contribution in [0.2, 0.25) is 0 Å². The molecular weight excluding hydrogens is 164 g/mol. The van der Waals surface area contributed by atoms with Crippen LogP contribution in [0.4, 0.5) is 0 Å². The minimum atomic E-state index is -0.664. The zero-order valence-corrected chi connectivity index (χ0v) is 9.05. The van der Waals surface area contributed by atoms with Crippen LogP contribution in [0.1, 0.15) is 52.9 Å². The van der Waals surface area contributed by atoms with Gasteiger partial charge in [0.05, 0.1) is 5.92 Å². The largest absolute Gasteiger partial charge is 0.481 e. The minimum Gasteiger partial charge on any atom is -0.481 e. The molecule has 1 N–H and O–H groups in total. The van der Waals surface area contributed by atoms with Gasteiger partial charge in [-0.15, -0.1) is 0 Å². The number of unbranched alkanes of at least 4 members (excludes halogenated alkanes) is 2. The first-order valence-electron chi connectivity index (χ1n) is 5.30. The summed E-state index contributed by atoms with van der Waals surface area (Å²) in [4.78, 5) is 10.6.